The molecule has 1 aliphatic rings. The number of anilines is 6. The van der Waals surface area contributed by atoms with Gasteiger partial charge in [0.15, 0.2) is 0 Å². The lowest BCUT2D eigenvalue weighted by atomic mass is 9.98. The Morgan fingerprint density at radius 1 is 1.03 bits per heavy atom. The second-order valence-corrected chi connectivity index (χ2v) is 8.21. The molecule has 5 N–H and O–H groups in total. The molecule has 4 rings (SSSR count). The molecule has 0 bridgehead atoms. The number of nitrogens with zero attached hydrogens (tertiary/aromatic N) is 4. The van der Waals surface area contributed by atoms with Gasteiger partial charge in [-0.05, 0) is 70.0 Å². The van der Waals surface area contributed by atoms with Crippen LogP contribution in [-0.2, 0) is 6.54 Å². The summed E-state index contributed by atoms with van der Waals surface area (Å²) in [6.45, 7) is 7.24. The smallest absolute Gasteiger partial charge is 0.229 e. The Labute approximate surface area is 189 Å². The molecule has 3 heterocycles. The Morgan fingerprint density at radius 2 is 1.81 bits per heavy atom. The summed E-state index contributed by atoms with van der Waals surface area (Å²) in [4.78, 5) is 9.07. The van der Waals surface area contributed by atoms with E-state index in [0.29, 0.717) is 11.9 Å². The molecule has 0 aliphatic carbocycles. The molecule has 32 heavy (non-hydrogen) atoms. The Kier molecular flexibility index (Phi) is 6.75. The van der Waals surface area contributed by atoms with E-state index in [-0.39, 0.29) is 0 Å². The van der Waals surface area contributed by atoms with Crippen molar-refractivity contribution in [3.8, 4) is 0 Å². The predicted molar refractivity (Wildman–Crippen MR) is 131 cm³/mol. The van der Waals surface area contributed by atoms with Gasteiger partial charge in [0.2, 0.25) is 5.95 Å². The van der Waals surface area contributed by atoms with Gasteiger partial charge in [-0.1, -0.05) is 0 Å². The molecule has 9 heteroatoms. The summed E-state index contributed by atoms with van der Waals surface area (Å²) in [7, 11) is 3.80. The minimum absolute atomic E-state index is 0.535. The van der Waals surface area contributed by atoms with Crippen molar-refractivity contribution >= 4 is 34.6 Å². The van der Waals surface area contributed by atoms with E-state index >= 15 is 0 Å². The average Bonchev–Trinajstić information content (AvgIpc) is 3.07. The summed E-state index contributed by atoms with van der Waals surface area (Å²) in [5, 5.41) is 21.4. The number of piperidine rings is 1. The standard InChI is InChI=1S/C23H33N9/c1-15-16(2)31-32(14-17-7-10-26-11-8-17)22(15)29-21-9-12-27-23(30-21)28-18-5-6-19(24-3)20(13-18)25-4/h5-6,9,12-13,17,24-26H,7-8,10-11,14H2,1-4H3,(H2,27,28,29,30). The maximum absolute atomic E-state index is 4.79. The summed E-state index contributed by atoms with van der Waals surface area (Å²) in [6.07, 6.45) is 4.12. The number of aromatic nitrogens is 4. The molecule has 0 unspecified atom stereocenters. The van der Waals surface area contributed by atoms with E-state index < -0.39 is 0 Å². The molecule has 0 spiro atoms. The van der Waals surface area contributed by atoms with E-state index in [4.69, 9.17) is 5.10 Å². The van der Waals surface area contributed by atoms with Crippen molar-refractivity contribution in [2.75, 3.05) is 48.5 Å². The van der Waals surface area contributed by atoms with Gasteiger partial charge in [-0.2, -0.15) is 10.1 Å². The molecule has 0 amide bonds. The van der Waals surface area contributed by atoms with Gasteiger partial charge >= 0.3 is 0 Å². The first-order chi connectivity index (χ1) is 15.6. The largest absolute Gasteiger partial charge is 0.386 e. The highest BCUT2D eigenvalue weighted by molar-refractivity contribution is 5.75. The maximum atomic E-state index is 4.79. The van der Waals surface area contributed by atoms with Gasteiger partial charge in [0.25, 0.3) is 0 Å². The number of nitrogens with one attached hydrogen (secondary N) is 5. The van der Waals surface area contributed by atoms with Crippen molar-refractivity contribution in [1.29, 1.82) is 0 Å². The Balaban J connectivity index is 1.52. The molecule has 1 saturated heterocycles. The van der Waals surface area contributed by atoms with Gasteiger partial charge < -0.3 is 26.6 Å². The molecule has 170 valence electrons. The second kappa shape index (κ2) is 9.86. The van der Waals surface area contributed by atoms with Crippen LogP contribution in [0.1, 0.15) is 24.1 Å². The third kappa shape index (κ3) is 4.94. The number of hydrogen-bond acceptors (Lipinski definition) is 8. The molecule has 1 fully saturated rings. The van der Waals surface area contributed by atoms with Crippen LogP contribution in [0.2, 0.25) is 0 Å². The van der Waals surface area contributed by atoms with Crippen LogP contribution in [0.15, 0.2) is 30.5 Å². The van der Waals surface area contributed by atoms with E-state index in [1.165, 1.54) is 12.8 Å². The Morgan fingerprint density at radius 3 is 2.56 bits per heavy atom. The van der Waals surface area contributed by atoms with Gasteiger partial charge in [0.05, 0.1) is 17.1 Å². The average molecular weight is 436 g/mol. The lowest BCUT2D eigenvalue weighted by Crippen LogP contribution is -2.30. The predicted octanol–water partition coefficient (Wildman–Crippen LogP) is 3.86. The summed E-state index contributed by atoms with van der Waals surface area (Å²) in [5.41, 5.74) is 5.13. The highest BCUT2D eigenvalue weighted by atomic mass is 15.3. The minimum Gasteiger partial charge on any atom is -0.386 e. The first kappa shape index (κ1) is 21.9. The number of rotatable bonds is 8. The molecule has 2 aromatic heterocycles. The van der Waals surface area contributed by atoms with Gasteiger partial charge in [-0.3, -0.25) is 0 Å². The van der Waals surface area contributed by atoms with Crippen LogP contribution in [0.25, 0.3) is 0 Å². The highest BCUT2D eigenvalue weighted by Gasteiger charge is 2.19. The van der Waals surface area contributed by atoms with Crippen LogP contribution in [0.4, 0.5) is 34.6 Å². The van der Waals surface area contributed by atoms with Crippen LogP contribution in [0.5, 0.6) is 0 Å². The second-order valence-electron chi connectivity index (χ2n) is 8.21. The van der Waals surface area contributed by atoms with Crippen molar-refractivity contribution in [1.82, 2.24) is 25.1 Å². The van der Waals surface area contributed by atoms with Crippen LogP contribution in [0, 0.1) is 19.8 Å². The third-order valence-corrected chi connectivity index (χ3v) is 6.03. The fourth-order valence-corrected chi connectivity index (χ4v) is 4.06. The third-order valence-electron chi connectivity index (χ3n) is 6.03. The highest BCUT2D eigenvalue weighted by Crippen LogP contribution is 2.28. The van der Waals surface area contributed by atoms with Crippen molar-refractivity contribution in [3.05, 3.63) is 41.7 Å². The first-order valence-electron chi connectivity index (χ1n) is 11.2. The number of hydrogen-bond donors (Lipinski definition) is 5. The molecular weight excluding hydrogens is 402 g/mol. The van der Waals surface area contributed by atoms with Crippen LogP contribution >= 0.6 is 0 Å². The van der Waals surface area contributed by atoms with Crippen LogP contribution in [0.3, 0.4) is 0 Å². The topological polar surface area (TPSA) is 104 Å². The minimum atomic E-state index is 0.535. The lowest BCUT2D eigenvalue weighted by Gasteiger charge is -2.23. The van der Waals surface area contributed by atoms with E-state index in [9.17, 15) is 0 Å². The fourth-order valence-electron chi connectivity index (χ4n) is 4.06. The molecule has 3 aromatic rings. The first-order valence-corrected chi connectivity index (χ1v) is 11.2. The van der Waals surface area contributed by atoms with Gasteiger partial charge in [0.1, 0.15) is 11.6 Å². The SMILES string of the molecule is CNc1ccc(Nc2nccc(Nc3c(C)c(C)nn3CC3CCNCC3)n2)cc1NC. The van der Waals surface area contributed by atoms with E-state index in [1.54, 1.807) is 6.20 Å². The quantitative estimate of drug-likeness (QED) is 0.363. The van der Waals surface area contributed by atoms with E-state index in [0.717, 1.165) is 59.6 Å². The monoisotopic (exact) mass is 435 g/mol. The van der Waals surface area contributed by atoms with Crippen molar-refractivity contribution in [2.45, 2.75) is 33.2 Å². The molecule has 9 nitrogen and oxygen atoms in total. The van der Waals surface area contributed by atoms with Gasteiger partial charge in [-0.25, -0.2) is 9.67 Å². The Hall–Kier alpha value is -3.33. The van der Waals surface area contributed by atoms with Crippen LogP contribution < -0.4 is 26.6 Å². The Bertz CT molecular complexity index is 1050. The molecule has 1 aliphatic heterocycles. The zero-order valence-corrected chi connectivity index (χ0v) is 19.3. The lowest BCUT2D eigenvalue weighted by molar-refractivity contribution is 0.322. The fraction of sp³-hybridized carbons (Fsp3) is 0.435. The number of benzene rings is 1. The van der Waals surface area contributed by atoms with Crippen molar-refractivity contribution in [3.63, 3.8) is 0 Å². The van der Waals surface area contributed by atoms with Gasteiger partial charge in [0, 0.05) is 38.1 Å². The molecule has 1 aromatic carbocycles. The van der Waals surface area contributed by atoms with E-state index in [2.05, 4.69) is 55.1 Å². The summed E-state index contributed by atoms with van der Waals surface area (Å²) >= 11 is 0. The molecule has 0 radical (unpaired) electrons. The molecular formula is C23H33N9. The molecule has 0 saturated carbocycles. The molecule has 0 atom stereocenters. The van der Waals surface area contributed by atoms with E-state index in [1.807, 2.05) is 38.4 Å². The van der Waals surface area contributed by atoms with Crippen LogP contribution in [-0.4, -0.2) is 46.9 Å². The van der Waals surface area contributed by atoms with Crippen molar-refractivity contribution < 1.29 is 0 Å². The zero-order valence-electron chi connectivity index (χ0n) is 19.3. The summed E-state index contributed by atoms with van der Waals surface area (Å²) in [6, 6.07) is 7.92. The summed E-state index contributed by atoms with van der Waals surface area (Å²) in [5.74, 6) is 2.91. The summed E-state index contributed by atoms with van der Waals surface area (Å²) < 4.78 is 2.10. The zero-order chi connectivity index (χ0) is 22.5. The maximum Gasteiger partial charge on any atom is 0.229 e. The normalized spacial score (nSPS) is 14.2. The number of aryl methyl sites for hydroxylation is 1. The van der Waals surface area contributed by atoms with Crippen molar-refractivity contribution in [2.24, 2.45) is 5.92 Å². The van der Waals surface area contributed by atoms with Gasteiger partial charge in [-0.15, -0.1) is 0 Å².